The van der Waals surface area contributed by atoms with Crippen molar-refractivity contribution in [2.24, 2.45) is 5.73 Å². The van der Waals surface area contributed by atoms with E-state index in [0.29, 0.717) is 6.54 Å². The van der Waals surface area contributed by atoms with E-state index in [2.05, 4.69) is 25.2 Å². The van der Waals surface area contributed by atoms with Gasteiger partial charge in [0, 0.05) is 24.2 Å². The van der Waals surface area contributed by atoms with E-state index in [4.69, 9.17) is 10.5 Å². The Bertz CT molecular complexity index is 310. The lowest BCUT2D eigenvalue weighted by Gasteiger charge is -2.28. The maximum absolute atomic E-state index is 5.49. The summed E-state index contributed by atoms with van der Waals surface area (Å²) in [6, 6.07) is 8.04. The number of rotatable bonds is 5. The predicted molar refractivity (Wildman–Crippen MR) is 63.1 cm³/mol. The molecule has 0 radical (unpaired) electrons. The van der Waals surface area contributed by atoms with Crippen molar-refractivity contribution in [2.45, 2.75) is 19.4 Å². The number of hydrogen-bond donors (Lipinski definition) is 2. The zero-order valence-corrected chi connectivity index (χ0v) is 9.71. The van der Waals surface area contributed by atoms with Crippen LogP contribution in [0.4, 0.5) is 0 Å². The van der Waals surface area contributed by atoms with E-state index < -0.39 is 0 Å². The first-order valence-corrected chi connectivity index (χ1v) is 5.20. The minimum absolute atomic E-state index is 0.119. The number of nitrogens with two attached hydrogens (primary N) is 1. The Morgan fingerprint density at radius 1 is 1.33 bits per heavy atom. The Morgan fingerprint density at radius 2 is 2.00 bits per heavy atom. The third-order valence-electron chi connectivity index (χ3n) is 2.49. The molecule has 3 N–H and O–H groups in total. The number of ether oxygens (including phenoxy) is 1. The lowest BCUT2D eigenvalue weighted by Crippen LogP contribution is -2.39. The molecule has 0 saturated heterocycles. The first-order valence-electron chi connectivity index (χ1n) is 5.20. The van der Waals surface area contributed by atoms with Crippen LogP contribution in [0.1, 0.15) is 19.4 Å². The Labute approximate surface area is 91.6 Å². The molecule has 1 aromatic carbocycles. The van der Waals surface area contributed by atoms with E-state index in [1.807, 2.05) is 18.2 Å². The molecule has 0 saturated carbocycles. The van der Waals surface area contributed by atoms with Crippen molar-refractivity contribution in [1.29, 1.82) is 0 Å². The van der Waals surface area contributed by atoms with Gasteiger partial charge in [0.15, 0.2) is 0 Å². The third-order valence-corrected chi connectivity index (χ3v) is 2.49. The lowest BCUT2D eigenvalue weighted by atomic mass is 9.93. The van der Waals surface area contributed by atoms with Gasteiger partial charge in [0.25, 0.3) is 0 Å². The van der Waals surface area contributed by atoms with E-state index in [1.165, 1.54) is 0 Å². The smallest absolute Gasteiger partial charge is 0.123 e. The normalized spacial score (nSPS) is 11.5. The molecule has 0 aliphatic rings. The Hall–Kier alpha value is -1.06. The van der Waals surface area contributed by atoms with Crippen LogP contribution in [0, 0.1) is 0 Å². The number of para-hydroxylation sites is 1. The van der Waals surface area contributed by atoms with Gasteiger partial charge < -0.3 is 15.8 Å². The van der Waals surface area contributed by atoms with Crippen molar-refractivity contribution in [3.63, 3.8) is 0 Å². The molecule has 0 fully saturated rings. The summed E-state index contributed by atoms with van der Waals surface area (Å²) < 4.78 is 5.34. The minimum atomic E-state index is -0.119. The molecule has 0 aliphatic carbocycles. The highest BCUT2D eigenvalue weighted by Gasteiger charge is 2.22. The summed E-state index contributed by atoms with van der Waals surface area (Å²) in [6.07, 6.45) is 0. The summed E-state index contributed by atoms with van der Waals surface area (Å²) in [6.45, 7) is 5.69. The summed E-state index contributed by atoms with van der Waals surface area (Å²) >= 11 is 0. The molecule has 0 aliphatic heterocycles. The Balaban J connectivity index is 2.92. The van der Waals surface area contributed by atoms with Crippen LogP contribution in [0.15, 0.2) is 24.3 Å². The Kier molecular flexibility index (Phi) is 4.12. The van der Waals surface area contributed by atoms with Gasteiger partial charge in [-0.3, -0.25) is 0 Å². The van der Waals surface area contributed by atoms with E-state index in [0.717, 1.165) is 17.9 Å². The van der Waals surface area contributed by atoms with Crippen LogP contribution in [0.3, 0.4) is 0 Å². The summed E-state index contributed by atoms with van der Waals surface area (Å²) in [5, 5.41) is 3.39. The molecule has 0 spiro atoms. The maximum Gasteiger partial charge on any atom is 0.123 e. The van der Waals surface area contributed by atoms with Gasteiger partial charge in [-0.05, 0) is 19.9 Å². The SMILES string of the molecule is COc1ccccc1C(C)(C)NCCN. The minimum Gasteiger partial charge on any atom is -0.496 e. The van der Waals surface area contributed by atoms with Crippen LogP contribution < -0.4 is 15.8 Å². The second-order valence-electron chi connectivity index (χ2n) is 4.04. The summed E-state index contributed by atoms with van der Waals surface area (Å²) in [7, 11) is 1.69. The highest BCUT2D eigenvalue weighted by Crippen LogP contribution is 2.28. The number of hydrogen-bond acceptors (Lipinski definition) is 3. The van der Waals surface area contributed by atoms with Gasteiger partial charge in [-0.25, -0.2) is 0 Å². The topological polar surface area (TPSA) is 47.3 Å². The van der Waals surface area contributed by atoms with E-state index in [9.17, 15) is 0 Å². The van der Waals surface area contributed by atoms with Crippen LogP contribution in [0.2, 0.25) is 0 Å². The van der Waals surface area contributed by atoms with Gasteiger partial charge in [0.2, 0.25) is 0 Å². The molecule has 0 aromatic heterocycles. The second-order valence-corrected chi connectivity index (χ2v) is 4.04. The van der Waals surface area contributed by atoms with Gasteiger partial charge >= 0.3 is 0 Å². The molecule has 0 amide bonds. The highest BCUT2D eigenvalue weighted by atomic mass is 16.5. The quantitative estimate of drug-likeness (QED) is 0.770. The van der Waals surface area contributed by atoms with Crippen molar-refractivity contribution in [1.82, 2.24) is 5.32 Å². The highest BCUT2D eigenvalue weighted by molar-refractivity contribution is 5.38. The van der Waals surface area contributed by atoms with Gasteiger partial charge in [0.05, 0.1) is 7.11 Å². The molecular formula is C12H20N2O. The summed E-state index contributed by atoms with van der Waals surface area (Å²) in [5.41, 5.74) is 6.53. The fraction of sp³-hybridized carbons (Fsp3) is 0.500. The first-order chi connectivity index (χ1) is 7.11. The van der Waals surface area contributed by atoms with Crippen LogP contribution in [0.25, 0.3) is 0 Å². The van der Waals surface area contributed by atoms with Crippen LogP contribution in [-0.4, -0.2) is 20.2 Å². The third kappa shape index (κ3) is 2.94. The van der Waals surface area contributed by atoms with Crippen LogP contribution in [-0.2, 0) is 5.54 Å². The molecule has 0 atom stereocenters. The number of methoxy groups -OCH3 is 1. The molecule has 1 aromatic rings. The van der Waals surface area contributed by atoms with Crippen molar-refractivity contribution in [3.8, 4) is 5.75 Å². The summed E-state index contributed by atoms with van der Waals surface area (Å²) in [4.78, 5) is 0. The summed E-state index contributed by atoms with van der Waals surface area (Å²) in [5.74, 6) is 0.909. The van der Waals surface area contributed by atoms with Crippen LogP contribution in [0.5, 0.6) is 5.75 Å². The molecule has 3 heteroatoms. The molecule has 15 heavy (non-hydrogen) atoms. The van der Waals surface area contributed by atoms with Crippen LogP contribution >= 0.6 is 0 Å². The largest absolute Gasteiger partial charge is 0.496 e. The lowest BCUT2D eigenvalue weighted by molar-refractivity contribution is 0.362. The van der Waals surface area contributed by atoms with Crippen molar-refractivity contribution >= 4 is 0 Å². The second kappa shape index (κ2) is 5.14. The molecular weight excluding hydrogens is 188 g/mol. The van der Waals surface area contributed by atoms with Gasteiger partial charge in [0.1, 0.15) is 5.75 Å². The monoisotopic (exact) mass is 208 g/mol. The molecule has 3 nitrogen and oxygen atoms in total. The van der Waals surface area contributed by atoms with E-state index in [-0.39, 0.29) is 5.54 Å². The fourth-order valence-corrected chi connectivity index (χ4v) is 1.64. The molecule has 0 bridgehead atoms. The molecule has 0 unspecified atom stereocenters. The average Bonchev–Trinajstić information content (AvgIpc) is 2.26. The molecule has 0 heterocycles. The van der Waals surface area contributed by atoms with Crippen molar-refractivity contribution < 1.29 is 4.74 Å². The average molecular weight is 208 g/mol. The molecule has 1 rings (SSSR count). The van der Waals surface area contributed by atoms with Gasteiger partial charge in [-0.15, -0.1) is 0 Å². The predicted octanol–water partition coefficient (Wildman–Crippen LogP) is 1.48. The maximum atomic E-state index is 5.49. The zero-order chi connectivity index (χ0) is 11.3. The first kappa shape index (κ1) is 12.0. The number of benzene rings is 1. The standard InChI is InChI=1S/C12H20N2O/c1-12(2,14-9-8-13)10-6-4-5-7-11(10)15-3/h4-7,14H,8-9,13H2,1-3H3. The fourth-order valence-electron chi connectivity index (χ4n) is 1.64. The molecule has 84 valence electrons. The number of nitrogens with one attached hydrogen (secondary N) is 1. The van der Waals surface area contributed by atoms with Crippen molar-refractivity contribution in [3.05, 3.63) is 29.8 Å². The van der Waals surface area contributed by atoms with E-state index in [1.54, 1.807) is 7.11 Å². The van der Waals surface area contributed by atoms with Gasteiger partial charge in [-0.2, -0.15) is 0 Å². The Morgan fingerprint density at radius 3 is 2.60 bits per heavy atom. The zero-order valence-electron chi connectivity index (χ0n) is 9.71. The van der Waals surface area contributed by atoms with E-state index >= 15 is 0 Å². The van der Waals surface area contributed by atoms with Crippen molar-refractivity contribution in [2.75, 3.05) is 20.2 Å². The van der Waals surface area contributed by atoms with Gasteiger partial charge in [-0.1, -0.05) is 18.2 Å².